The first kappa shape index (κ1) is 16.6. The number of aryl methyl sites for hydroxylation is 1. The number of pyridine rings is 1. The van der Waals surface area contributed by atoms with Crippen LogP contribution in [0.5, 0.6) is 0 Å². The standard InChI is InChI=1S/C18H17N3O4/c1-3-14(11-7-5-4-6-8-11)25-17(23)12-9-13-15(19-10-12)21(2)18(24)20-16(13)22/h4-10,14H,3H2,1-2H3,(H,20,22,24). The molecule has 7 heteroatoms. The lowest BCUT2D eigenvalue weighted by Gasteiger charge is -2.16. The number of nitrogens with zero attached hydrogens (tertiary/aromatic N) is 2. The van der Waals surface area contributed by atoms with Crippen LogP contribution in [0.3, 0.4) is 0 Å². The molecule has 3 aromatic rings. The molecule has 2 aromatic heterocycles. The van der Waals surface area contributed by atoms with Gasteiger partial charge in [-0.25, -0.2) is 14.6 Å². The number of hydrogen-bond acceptors (Lipinski definition) is 5. The van der Waals surface area contributed by atoms with Crippen LogP contribution < -0.4 is 11.2 Å². The summed E-state index contributed by atoms with van der Waals surface area (Å²) in [6.07, 6.45) is 1.54. The van der Waals surface area contributed by atoms with E-state index in [0.29, 0.717) is 6.42 Å². The van der Waals surface area contributed by atoms with Crippen molar-refractivity contribution in [2.75, 3.05) is 0 Å². The van der Waals surface area contributed by atoms with Crippen molar-refractivity contribution < 1.29 is 9.53 Å². The average molecular weight is 339 g/mol. The van der Waals surface area contributed by atoms with Gasteiger partial charge in [-0.2, -0.15) is 0 Å². The van der Waals surface area contributed by atoms with Gasteiger partial charge in [0.05, 0.1) is 10.9 Å². The van der Waals surface area contributed by atoms with Crippen LogP contribution in [0.2, 0.25) is 0 Å². The van der Waals surface area contributed by atoms with Crippen LogP contribution in [0, 0.1) is 0 Å². The van der Waals surface area contributed by atoms with Gasteiger partial charge in [-0.1, -0.05) is 37.3 Å². The normalized spacial score (nSPS) is 12.1. The summed E-state index contributed by atoms with van der Waals surface area (Å²) in [6, 6.07) is 10.8. The van der Waals surface area contributed by atoms with E-state index in [1.807, 2.05) is 37.3 Å². The number of carbonyl (C=O) groups excluding carboxylic acids is 1. The number of aromatic nitrogens is 3. The number of ether oxygens (including phenoxy) is 1. The van der Waals surface area contributed by atoms with Gasteiger partial charge in [0.1, 0.15) is 11.8 Å². The molecule has 0 saturated carbocycles. The fraction of sp³-hybridized carbons (Fsp3) is 0.222. The van der Waals surface area contributed by atoms with Crippen molar-refractivity contribution in [3.05, 3.63) is 74.6 Å². The maximum Gasteiger partial charge on any atom is 0.340 e. The minimum atomic E-state index is -0.588. The Morgan fingerprint density at radius 1 is 1.28 bits per heavy atom. The molecule has 3 rings (SSSR count). The number of aromatic amines is 1. The first-order valence-electron chi connectivity index (χ1n) is 7.86. The molecule has 0 spiro atoms. The zero-order valence-corrected chi connectivity index (χ0v) is 13.9. The minimum absolute atomic E-state index is 0.157. The Morgan fingerprint density at radius 2 is 2.00 bits per heavy atom. The van der Waals surface area contributed by atoms with Gasteiger partial charge in [0.15, 0.2) is 0 Å². The highest BCUT2D eigenvalue weighted by Gasteiger charge is 2.18. The van der Waals surface area contributed by atoms with Gasteiger partial charge in [0.2, 0.25) is 0 Å². The van der Waals surface area contributed by atoms with Gasteiger partial charge >= 0.3 is 11.7 Å². The van der Waals surface area contributed by atoms with Gasteiger partial charge in [-0.3, -0.25) is 14.3 Å². The molecule has 0 amide bonds. The SMILES string of the molecule is CCC(OC(=O)c1cnc2c(c1)c(=O)[nH]c(=O)n2C)c1ccccc1. The highest BCUT2D eigenvalue weighted by atomic mass is 16.5. The molecule has 2 heterocycles. The van der Waals surface area contributed by atoms with E-state index < -0.39 is 17.2 Å². The van der Waals surface area contributed by atoms with Crippen LogP contribution in [0.25, 0.3) is 11.0 Å². The molecule has 1 unspecified atom stereocenters. The number of nitrogens with one attached hydrogen (secondary N) is 1. The van der Waals surface area contributed by atoms with E-state index in [1.54, 1.807) is 0 Å². The van der Waals surface area contributed by atoms with Crippen LogP contribution in [-0.2, 0) is 11.8 Å². The summed E-state index contributed by atoms with van der Waals surface area (Å²) in [7, 11) is 1.49. The number of fused-ring (bicyclic) bond motifs is 1. The number of hydrogen-bond donors (Lipinski definition) is 1. The van der Waals surface area contributed by atoms with E-state index in [-0.39, 0.29) is 22.7 Å². The summed E-state index contributed by atoms with van der Waals surface area (Å²) in [4.78, 5) is 42.3. The van der Waals surface area contributed by atoms with Crippen molar-refractivity contribution in [1.29, 1.82) is 0 Å². The third-order valence-electron chi connectivity index (χ3n) is 3.98. The molecule has 1 atom stereocenters. The number of carbonyl (C=O) groups is 1. The second kappa shape index (κ2) is 6.72. The fourth-order valence-electron chi connectivity index (χ4n) is 2.60. The Kier molecular flexibility index (Phi) is 4.47. The maximum absolute atomic E-state index is 12.5. The molecule has 0 aliphatic heterocycles. The topological polar surface area (TPSA) is 94.1 Å². The zero-order chi connectivity index (χ0) is 18.0. The number of H-pyrrole nitrogens is 1. The van der Waals surface area contributed by atoms with Crippen molar-refractivity contribution in [3.63, 3.8) is 0 Å². The van der Waals surface area contributed by atoms with Gasteiger partial charge < -0.3 is 4.74 Å². The van der Waals surface area contributed by atoms with Crippen molar-refractivity contribution in [2.45, 2.75) is 19.4 Å². The number of rotatable bonds is 4. The lowest BCUT2D eigenvalue weighted by Crippen LogP contribution is -2.29. The summed E-state index contributed by atoms with van der Waals surface area (Å²) in [5.74, 6) is -0.571. The summed E-state index contributed by atoms with van der Waals surface area (Å²) >= 11 is 0. The van der Waals surface area contributed by atoms with Crippen molar-refractivity contribution in [3.8, 4) is 0 Å². The van der Waals surface area contributed by atoms with Gasteiger partial charge in [0, 0.05) is 13.2 Å². The molecule has 0 aliphatic rings. The Hall–Kier alpha value is -3.22. The fourth-order valence-corrected chi connectivity index (χ4v) is 2.60. The predicted molar refractivity (Wildman–Crippen MR) is 92.5 cm³/mol. The van der Waals surface area contributed by atoms with Gasteiger partial charge in [-0.15, -0.1) is 0 Å². The highest BCUT2D eigenvalue weighted by Crippen LogP contribution is 2.22. The molecular weight excluding hydrogens is 322 g/mol. The first-order valence-corrected chi connectivity index (χ1v) is 7.86. The van der Waals surface area contributed by atoms with Gasteiger partial charge in [-0.05, 0) is 18.1 Å². The second-order valence-corrected chi connectivity index (χ2v) is 5.63. The second-order valence-electron chi connectivity index (χ2n) is 5.63. The van der Waals surface area contributed by atoms with Crippen LogP contribution in [-0.4, -0.2) is 20.5 Å². The largest absolute Gasteiger partial charge is 0.454 e. The first-order chi connectivity index (χ1) is 12.0. The molecule has 0 aliphatic carbocycles. The van der Waals surface area contributed by atoms with Crippen LogP contribution in [0.4, 0.5) is 0 Å². The number of benzene rings is 1. The molecular formula is C18H17N3O4. The molecule has 0 saturated heterocycles. The zero-order valence-electron chi connectivity index (χ0n) is 13.9. The predicted octanol–water partition coefficient (Wildman–Crippen LogP) is 1.93. The average Bonchev–Trinajstić information content (AvgIpc) is 2.64. The third-order valence-corrected chi connectivity index (χ3v) is 3.98. The van der Waals surface area contributed by atoms with E-state index in [9.17, 15) is 14.4 Å². The van der Waals surface area contributed by atoms with E-state index >= 15 is 0 Å². The molecule has 25 heavy (non-hydrogen) atoms. The van der Waals surface area contributed by atoms with Crippen molar-refractivity contribution in [2.24, 2.45) is 7.05 Å². The summed E-state index contributed by atoms with van der Waals surface area (Å²) in [5.41, 5.74) is 0.115. The van der Waals surface area contributed by atoms with E-state index in [0.717, 1.165) is 5.56 Å². The molecule has 0 fully saturated rings. The quantitative estimate of drug-likeness (QED) is 0.733. The summed E-state index contributed by atoms with van der Waals surface area (Å²) in [5, 5.41) is 0.157. The summed E-state index contributed by atoms with van der Waals surface area (Å²) < 4.78 is 6.77. The van der Waals surface area contributed by atoms with Crippen LogP contribution in [0.1, 0.15) is 35.4 Å². The van der Waals surface area contributed by atoms with Crippen molar-refractivity contribution in [1.82, 2.24) is 14.5 Å². The number of esters is 1. The molecule has 0 bridgehead atoms. The molecule has 7 nitrogen and oxygen atoms in total. The Bertz CT molecular complexity index is 1040. The lowest BCUT2D eigenvalue weighted by molar-refractivity contribution is 0.0287. The molecule has 1 N–H and O–H groups in total. The smallest absolute Gasteiger partial charge is 0.340 e. The molecule has 128 valence electrons. The van der Waals surface area contributed by atoms with E-state index in [2.05, 4.69) is 9.97 Å². The van der Waals surface area contributed by atoms with Crippen molar-refractivity contribution >= 4 is 17.0 Å². The van der Waals surface area contributed by atoms with Crippen LogP contribution >= 0.6 is 0 Å². The molecule has 1 aromatic carbocycles. The third kappa shape index (κ3) is 3.21. The Balaban J connectivity index is 1.95. The monoisotopic (exact) mass is 339 g/mol. The Labute approximate surface area is 142 Å². The summed E-state index contributed by atoms with van der Waals surface area (Å²) in [6.45, 7) is 1.92. The van der Waals surface area contributed by atoms with Crippen LogP contribution in [0.15, 0.2) is 52.2 Å². The Morgan fingerprint density at radius 3 is 2.68 bits per heavy atom. The lowest BCUT2D eigenvalue weighted by atomic mass is 10.1. The maximum atomic E-state index is 12.5. The van der Waals surface area contributed by atoms with Gasteiger partial charge in [0.25, 0.3) is 5.56 Å². The highest BCUT2D eigenvalue weighted by molar-refractivity contribution is 5.92. The van der Waals surface area contributed by atoms with E-state index in [1.165, 1.54) is 23.9 Å². The van der Waals surface area contributed by atoms with E-state index in [4.69, 9.17) is 4.74 Å². The molecule has 0 radical (unpaired) electrons. The minimum Gasteiger partial charge on any atom is -0.454 e.